The third-order valence-electron chi connectivity index (χ3n) is 3.46. The van der Waals surface area contributed by atoms with E-state index in [1.54, 1.807) is 0 Å². The van der Waals surface area contributed by atoms with Crippen LogP contribution in [0.1, 0.15) is 40.3 Å². The Kier molecular flexibility index (Phi) is 5.45. The number of nitrogens with zero attached hydrogens (tertiary/aromatic N) is 3. The Morgan fingerprint density at radius 1 is 1.31 bits per heavy atom. The Balaban J connectivity index is 2.47. The molecule has 0 saturated heterocycles. The zero-order valence-electron chi connectivity index (χ0n) is 13.5. The van der Waals surface area contributed by atoms with Crippen molar-refractivity contribution in [3.63, 3.8) is 0 Å². The van der Waals surface area contributed by atoms with Gasteiger partial charge in [0.25, 0.3) is 5.69 Å². The minimum Gasteiger partial charge on any atom is -0.363 e. The molecule has 26 heavy (non-hydrogen) atoms. The molecular weight excluding hydrogens is 377 g/mol. The molecule has 1 atom stereocenters. The van der Waals surface area contributed by atoms with E-state index in [0.717, 1.165) is 12.1 Å². The Morgan fingerprint density at radius 2 is 1.96 bits per heavy atom. The van der Waals surface area contributed by atoms with Gasteiger partial charge < -0.3 is 5.32 Å². The molecule has 11 heteroatoms. The fourth-order valence-corrected chi connectivity index (χ4v) is 2.46. The first-order valence-electron chi connectivity index (χ1n) is 7.15. The van der Waals surface area contributed by atoms with Crippen LogP contribution in [0.2, 0.25) is 5.15 Å². The summed E-state index contributed by atoms with van der Waals surface area (Å²) in [5, 5.41) is 13.6. The van der Waals surface area contributed by atoms with Crippen LogP contribution in [0.4, 0.5) is 24.7 Å². The van der Waals surface area contributed by atoms with Crippen LogP contribution in [-0.2, 0) is 6.18 Å². The molecule has 0 unspecified atom stereocenters. The van der Waals surface area contributed by atoms with E-state index in [9.17, 15) is 28.1 Å². The molecular formula is C15H12ClF3N4O3. The maximum atomic E-state index is 13.0. The normalized spacial score (nSPS) is 12.5. The molecule has 7 nitrogen and oxygen atoms in total. The number of non-ortho nitro benzene ring substituents is 1. The predicted octanol–water partition coefficient (Wildman–Crippen LogP) is 4.35. The van der Waals surface area contributed by atoms with E-state index in [0.29, 0.717) is 12.4 Å². The van der Waals surface area contributed by atoms with E-state index in [1.165, 1.54) is 13.8 Å². The van der Waals surface area contributed by atoms with Crippen LogP contribution in [0, 0.1) is 17.0 Å². The molecule has 0 aliphatic heterocycles. The number of aldehydes is 1. The number of aryl methyl sites for hydroxylation is 1. The first-order valence-corrected chi connectivity index (χ1v) is 7.53. The van der Waals surface area contributed by atoms with Crippen LogP contribution in [-0.4, -0.2) is 21.2 Å². The van der Waals surface area contributed by atoms with Crippen molar-refractivity contribution in [2.75, 3.05) is 5.32 Å². The number of hydrogen-bond acceptors (Lipinski definition) is 6. The first kappa shape index (κ1) is 19.6. The average molecular weight is 389 g/mol. The number of halogens is 4. The predicted molar refractivity (Wildman–Crippen MR) is 87.3 cm³/mol. The van der Waals surface area contributed by atoms with Crippen LogP contribution in [0.5, 0.6) is 0 Å². The van der Waals surface area contributed by atoms with Crippen LogP contribution in [0.25, 0.3) is 0 Å². The lowest BCUT2D eigenvalue weighted by Gasteiger charge is -2.18. The summed E-state index contributed by atoms with van der Waals surface area (Å²) in [5.41, 5.74) is -1.92. The molecule has 1 N–H and O–H groups in total. The second kappa shape index (κ2) is 7.24. The van der Waals surface area contributed by atoms with Crippen molar-refractivity contribution in [3.05, 3.63) is 56.0 Å². The highest BCUT2D eigenvalue weighted by molar-refractivity contribution is 6.32. The number of anilines is 1. The summed E-state index contributed by atoms with van der Waals surface area (Å²) in [6.45, 7) is 2.99. The van der Waals surface area contributed by atoms with Gasteiger partial charge in [0, 0.05) is 12.1 Å². The molecule has 0 aliphatic rings. The van der Waals surface area contributed by atoms with Crippen molar-refractivity contribution >= 4 is 29.4 Å². The molecule has 0 radical (unpaired) electrons. The van der Waals surface area contributed by atoms with E-state index < -0.39 is 28.4 Å². The monoisotopic (exact) mass is 388 g/mol. The smallest absolute Gasteiger partial charge is 0.363 e. The molecule has 0 bridgehead atoms. The second-order valence-electron chi connectivity index (χ2n) is 5.38. The maximum Gasteiger partial charge on any atom is 0.416 e. The lowest BCUT2D eigenvalue weighted by molar-refractivity contribution is -0.385. The molecule has 0 fully saturated rings. The molecule has 1 aromatic carbocycles. The molecule has 1 heterocycles. The number of nitrogens with one attached hydrogen (secondary N) is 1. The van der Waals surface area contributed by atoms with Gasteiger partial charge in [0.05, 0.1) is 22.1 Å². The van der Waals surface area contributed by atoms with Crippen molar-refractivity contribution < 1.29 is 22.9 Å². The van der Waals surface area contributed by atoms with E-state index in [-0.39, 0.29) is 27.9 Å². The highest BCUT2D eigenvalue weighted by Gasteiger charge is 2.33. The third-order valence-corrected chi connectivity index (χ3v) is 3.75. The molecule has 0 saturated carbocycles. The Morgan fingerprint density at radius 3 is 2.50 bits per heavy atom. The van der Waals surface area contributed by atoms with Crippen LogP contribution < -0.4 is 5.32 Å². The maximum absolute atomic E-state index is 13.0. The minimum atomic E-state index is -4.75. The van der Waals surface area contributed by atoms with Gasteiger partial charge in [0.15, 0.2) is 6.29 Å². The van der Waals surface area contributed by atoms with E-state index >= 15 is 0 Å². The second-order valence-corrected chi connectivity index (χ2v) is 5.73. The molecule has 0 spiro atoms. The quantitative estimate of drug-likeness (QED) is 0.354. The zero-order valence-corrected chi connectivity index (χ0v) is 14.2. The fourth-order valence-electron chi connectivity index (χ4n) is 2.20. The summed E-state index contributed by atoms with van der Waals surface area (Å²) >= 11 is 5.86. The summed E-state index contributed by atoms with van der Waals surface area (Å²) in [6.07, 6.45) is -4.34. The van der Waals surface area contributed by atoms with Gasteiger partial charge in [-0.1, -0.05) is 11.6 Å². The SMILES string of the molecule is Cc1nc(Cl)c(C=O)c(N[C@H](C)c2cc([N+](=O)[O-])cc(C(F)(F)F)c2)n1. The molecule has 2 aromatic rings. The van der Waals surface area contributed by atoms with E-state index in [2.05, 4.69) is 15.3 Å². The number of rotatable bonds is 5. The number of aromatic nitrogens is 2. The van der Waals surface area contributed by atoms with Gasteiger partial charge in [-0.15, -0.1) is 0 Å². The van der Waals surface area contributed by atoms with Gasteiger partial charge in [-0.2, -0.15) is 13.2 Å². The Bertz CT molecular complexity index is 874. The minimum absolute atomic E-state index is 0.00392. The number of nitro benzene ring substituents is 1. The van der Waals surface area contributed by atoms with Crippen molar-refractivity contribution in [2.24, 2.45) is 0 Å². The third kappa shape index (κ3) is 4.26. The van der Waals surface area contributed by atoms with Crippen molar-refractivity contribution in [3.8, 4) is 0 Å². The van der Waals surface area contributed by atoms with Crippen LogP contribution >= 0.6 is 11.6 Å². The van der Waals surface area contributed by atoms with Gasteiger partial charge in [-0.25, -0.2) is 9.97 Å². The van der Waals surface area contributed by atoms with Gasteiger partial charge >= 0.3 is 6.18 Å². The highest BCUT2D eigenvalue weighted by atomic mass is 35.5. The summed E-state index contributed by atoms with van der Waals surface area (Å²) in [6, 6.07) is 1.43. The average Bonchev–Trinajstić information content (AvgIpc) is 2.53. The number of carbonyl (C=O) groups excluding carboxylic acids is 1. The van der Waals surface area contributed by atoms with Gasteiger partial charge in [-0.05, 0) is 25.5 Å². The first-order chi connectivity index (χ1) is 12.0. The summed E-state index contributed by atoms with van der Waals surface area (Å²) in [7, 11) is 0. The zero-order chi connectivity index (χ0) is 19.6. The lowest BCUT2D eigenvalue weighted by Crippen LogP contribution is -2.14. The van der Waals surface area contributed by atoms with E-state index in [4.69, 9.17) is 11.6 Å². The van der Waals surface area contributed by atoms with Crippen LogP contribution in [0.15, 0.2) is 18.2 Å². The van der Waals surface area contributed by atoms with Crippen molar-refractivity contribution in [1.29, 1.82) is 0 Å². The number of hydrogen-bond donors (Lipinski definition) is 1. The van der Waals surface area contributed by atoms with Crippen molar-refractivity contribution in [2.45, 2.75) is 26.1 Å². The topological polar surface area (TPSA) is 98.0 Å². The Hall–Kier alpha value is -2.75. The number of nitro groups is 1. The molecule has 0 aliphatic carbocycles. The standard InChI is InChI=1S/C15H12ClF3N4O3/c1-7(20-14-12(6-24)13(16)21-8(2)22-14)9-3-10(15(17,18)19)5-11(4-9)23(25)26/h3-7H,1-2H3,(H,20,21,22)/t7-/m1/s1. The van der Waals surface area contributed by atoms with E-state index in [1.807, 2.05) is 0 Å². The number of carbonyl (C=O) groups is 1. The fraction of sp³-hybridized carbons (Fsp3) is 0.267. The number of alkyl halides is 3. The van der Waals surface area contributed by atoms with Gasteiger partial charge in [0.2, 0.25) is 0 Å². The lowest BCUT2D eigenvalue weighted by atomic mass is 10.0. The number of benzene rings is 1. The molecule has 0 amide bonds. The largest absolute Gasteiger partial charge is 0.416 e. The summed E-state index contributed by atoms with van der Waals surface area (Å²) in [5.74, 6) is 0.260. The van der Waals surface area contributed by atoms with Crippen molar-refractivity contribution in [1.82, 2.24) is 9.97 Å². The highest BCUT2D eigenvalue weighted by Crippen LogP contribution is 2.35. The van der Waals surface area contributed by atoms with Gasteiger partial charge in [-0.3, -0.25) is 14.9 Å². The molecule has 2 rings (SSSR count). The molecule has 138 valence electrons. The molecule has 1 aromatic heterocycles. The van der Waals surface area contributed by atoms with Crippen LogP contribution in [0.3, 0.4) is 0 Å². The Labute approximate surface area is 150 Å². The summed E-state index contributed by atoms with van der Waals surface area (Å²) < 4.78 is 39.0. The summed E-state index contributed by atoms with van der Waals surface area (Å²) in [4.78, 5) is 29.0. The van der Waals surface area contributed by atoms with Gasteiger partial charge in [0.1, 0.15) is 16.8 Å².